The van der Waals surface area contributed by atoms with E-state index in [1.807, 2.05) is 0 Å². The van der Waals surface area contributed by atoms with Gasteiger partial charge in [0.05, 0.1) is 11.9 Å². The molecule has 0 saturated heterocycles. The van der Waals surface area contributed by atoms with Crippen LogP contribution < -0.4 is 5.32 Å². The molecule has 1 atom stereocenters. The predicted molar refractivity (Wildman–Crippen MR) is 32.8 cm³/mol. The highest BCUT2D eigenvalue weighted by molar-refractivity contribution is 5.75. The molecule has 0 spiro atoms. The first-order valence-electron chi connectivity index (χ1n) is 2.43. The van der Waals surface area contributed by atoms with E-state index < -0.39 is 6.10 Å². The lowest BCUT2D eigenvalue weighted by Gasteiger charge is -2.04. The molecule has 0 fully saturated rings. The fourth-order valence-corrected chi connectivity index (χ4v) is 0.271. The first-order chi connectivity index (χ1) is 3.63. The van der Waals surface area contributed by atoms with Gasteiger partial charge in [-0.1, -0.05) is 0 Å². The highest BCUT2D eigenvalue weighted by Gasteiger charge is 1.91. The van der Waals surface area contributed by atoms with Crippen molar-refractivity contribution in [2.75, 3.05) is 6.54 Å². The minimum atomic E-state index is -0.615. The van der Waals surface area contributed by atoms with Crippen LogP contribution in [0.2, 0.25) is 0 Å². The number of nitrogens with one attached hydrogen (secondary N) is 2. The molecule has 47 valence electrons. The van der Waals surface area contributed by atoms with Crippen LogP contribution in [0.25, 0.3) is 0 Å². The van der Waals surface area contributed by atoms with Gasteiger partial charge in [0.2, 0.25) is 0 Å². The Morgan fingerprint density at radius 3 is 2.62 bits per heavy atom. The third kappa shape index (κ3) is 5.43. The molecular formula is C5H11N2O. The van der Waals surface area contributed by atoms with Gasteiger partial charge in [-0.05, 0) is 13.8 Å². The first kappa shape index (κ1) is 7.43. The van der Waals surface area contributed by atoms with Crippen molar-refractivity contribution >= 4 is 5.84 Å². The lowest BCUT2D eigenvalue weighted by Crippen LogP contribution is -2.27. The van der Waals surface area contributed by atoms with Crippen molar-refractivity contribution < 1.29 is 5.11 Å². The summed E-state index contributed by atoms with van der Waals surface area (Å²) in [6, 6.07) is 0. The zero-order valence-corrected chi connectivity index (χ0v) is 4.94. The molecule has 3 heteroatoms. The minimum Gasteiger partial charge on any atom is -0.391 e. The molecule has 0 aliphatic carbocycles. The number of aliphatic hydroxyl groups excluding tert-OH is 1. The molecule has 8 heavy (non-hydrogen) atoms. The molecule has 0 amide bonds. The van der Waals surface area contributed by atoms with Crippen LogP contribution in [0.3, 0.4) is 0 Å². The van der Waals surface area contributed by atoms with E-state index in [0.29, 0.717) is 12.4 Å². The van der Waals surface area contributed by atoms with E-state index in [1.165, 1.54) is 0 Å². The quantitative estimate of drug-likeness (QED) is 0.344. The van der Waals surface area contributed by atoms with Crippen LogP contribution in [0.15, 0.2) is 0 Å². The van der Waals surface area contributed by atoms with Gasteiger partial charge in [0, 0.05) is 6.54 Å². The predicted octanol–water partition coefficient (Wildman–Crippen LogP) is -0.232. The maximum atomic E-state index is 8.53. The van der Waals surface area contributed by atoms with Crippen molar-refractivity contribution in [1.29, 1.82) is 5.41 Å². The Bertz CT molecular complexity index is 80.5. The van der Waals surface area contributed by atoms with E-state index in [0.717, 1.165) is 0 Å². The maximum Gasteiger partial charge on any atom is 0.0900 e. The fourth-order valence-electron chi connectivity index (χ4n) is 0.271. The maximum absolute atomic E-state index is 8.53. The van der Waals surface area contributed by atoms with Gasteiger partial charge >= 0.3 is 0 Å². The zero-order chi connectivity index (χ0) is 6.57. The van der Waals surface area contributed by atoms with Crippen molar-refractivity contribution in [3.63, 3.8) is 0 Å². The number of hydrogen-bond donors (Lipinski definition) is 3. The third-order valence-corrected chi connectivity index (χ3v) is 0.603. The molecule has 0 aromatic heterocycles. The normalized spacial score (nSPS) is 12.9. The molecule has 0 aliphatic heterocycles. The van der Waals surface area contributed by atoms with Crippen molar-refractivity contribution in [1.82, 2.24) is 5.32 Å². The summed E-state index contributed by atoms with van der Waals surface area (Å²) in [6.07, 6.45) is -0.615. The van der Waals surface area contributed by atoms with Gasteiger partial charge in [-0.2, -0.15) is 0 Å². The molecule has 0 rings (SSSR count). The zero-order valence-electron chi connectivity index (χ0n) is 4.94. The van der Waals surface area contributed by atoms with E-state index in [4.69, 9.17) is 10.5 Å². The summed E-state index contributed by atoms with van der Waals surface area (Å²) in [6.45, 7) is 5.28. The smallest absolute Gasteiger partial charge is 0.0900 e. The summed E-state index contributed by atoms with van der Waals surface area (Å²) >= 11 is 0. The molecule has 3 nitrogen and oxygen atoms in total. The largest absolute Gasteiger partial charge is 0.391 e. The van der Waals surface area contributed by atoms with Gasteiger partial charge < -0.3 is 10.4 Å². The van der Waals surface area contributed by atoms with Crippen molar-refractivity contribution in [3.05, 3.63) is 6.92 Å². The highest BCUT2D eigenvalue weighted by Crippen LogP contribution is 1.72. The van der Waals surface area contributed by atoms with Gasteiger partial charge in [-0.3, -0.25) is 5.41 Å². The van der Waals surface area contributed by atoms with Gasteiger partial charge in [0.25, 0.3) is 0 Å². The van der Waals surface area contributed by atoms with Crippen molar-refractivity contribution in [3.8, 4) is 0 Å². The highest BCUT2D eigenvalue weighted by atomic mass is 16.3. The van der Waals surface area contributed by atoms with Gasteiger partial charge in [0.1, 0.15) is 0 Å². The van der Waals surface area contributed by atoms with Crippen LogP contribution in [0.1, 0.15) is 6.92 Å². The average Bonchev–Trinajstić information content (AvgIpc) is 1.61. The Balaban J connectivity index is 3.05. The summed E-state index contributed by atoms with van der Waals surface area (Å²) in [4.78, 5) is 0. The van der Waals surface area contributed by atoms with Crippen LogP contribution >= 0.6 is 0 Å². The summed E-state index contributed by atoms with van der Waals surface area (Å²) < 4.78 is 0. The molecule has 0 saturated carbocycles. The Morgan fingerprint density at radius 1 is 2.00 bits per heavy atom. The first-order valence-corrected chi connectivity index (χ1v) is 2.43. The molecule has 0 heterocycles. The minimum absolute atomic E-state index is 0.354. The van der Waals surface area contributed by atoms with Crippen LogP contribution in [0, 0.1) is 12.3 Å². The molecular weight excluding hydrogens is 104 g/mol. The lowest BCUT2D eigenvalue weighted by molar-refractivity contribution is 0.223. The van der Waals surface area contributed by atoms with Crippen molar-refractivity contribution in [2.24, 2.45) is 0 Å². The van der Waals surface area contributed by atoms with Crippen LogP contribution in [-0.4, -0.2) is 23.6 Å². The van der Waals surface area contributed by atoms with E-state index in [-0.39, 0.29) is 0 Å². The fraction of sp³-hybridized carbons (Fsp3) is 0.600. The van der Waals surface area contributed by atoms with E-state index in [2.05, 4.69) is 12.2 Å². The van der Waals surface area contributed by atoms with Gasteiger partial charge in [0.15, 0.2) is 0 Å². The number of rotatable bonds is 2. The van der Waals surface area contributed by atoms with E-state index in [9.17, 15) is 0 Å². The molecule has 0 aromatic rings. The topological polar surface area (TPSA) is 56.1 Å². The molecule has 0 unspecified atom stereocenters. The molecule has 0 aromatic carbocycles. The molecule has 3 N–H and O–H groups in total. The number of hydrogen-bond acceptors (Lipinski definition) is 2. The Kier molecular flexibility index (Phi) is 3.19. The van der Waals surface area contributed by atoms with Crippen molar-refractivity contribution in [2.45, 2.75) is 13.0 Å². The molecule has 0 bridgehead atoms. The summed E-state index contributed by atoms with van der Waals surface area (Å²) in [7, 11) is 0. The second kappa shape index (κ2) is 3.43. The monoisotopic (exact) mass is 115 g/mol. The Hall–Kier alpha value is -0.570. The summed E-state index contributed by atoms with van der Waals surface area (Å²) in [5, 5.41) is 18.0. The second-order valence-electron chi connectivity index (χ2n) is 1.66. The second-order valence-corrected chi connectivity index (χ2v) is 1.66. The van der Waals surface area contributed by atoms with E-state index >= 15 is 0 Å². The third-order valence-electron chi connectivity index (χ3n) is 0.603. The van der Waals surface area contributed by atoms with Gasteiger partial charge in [-0.15, -0.1) is 0 Å². The number of aliphatic hydroxyl groups is 1. The lowest BCUT2D eigenvalue weighted by atomic mass is 10.4. The Morgan fingerprint density at radius 2 is 2.50 bits per heavy atom. The van der Waals surface area contributed by atoms with Crippen LogP contribution in [0.5, 0.6) is 0 Å². The average molecular weight is 115 g/mol. The Labute approximate surface area is 49.2 Å². The summed E-state index contributed by atoms with van der Waals surface area (Å²) in [5.74, 6) is 0.354. The van der Waals surface area contributed by atoms with Crippen LogP contribution in [-0.2, 0) is 0 Å². The standard InChI is InChI=1S/C5H11N2O/c1-4(8)3-7-5(2)6/h4,8H,1,3H2,2H3,(H2,6,7)/t4-/m1/s1. The molecule has 0 aliphatic rings. The summed E-state index contributed by atoms with van der Waals surface area (Å²) in [5.41, 5.74) is 0. The van der Waals surface area contributed by atoms with Crippen LogP contribution in [0.4, 0.5) is 0 Å². The number of amidine groups is 1. The SMILES string of the molecule is [CH2][C@@H](O)CNC(C)=N. The molecule has 1 radical (unpaired) electrons. The van der Waals surface area contributed by atoms with Gasteiger partial charge in [-0.25, -0.2) is 0 Å². The van der Waals surface area contributed by atoms with E-state index in [1.54, 1.807) is 6.92 Å².